The molecule has 1 aromatic rings. The molecule has 182 valence electrons. The summed E-state index contributed by atoms with van der Waals surface area (Å²) in [6, 6.07) is 10.3. The van der Waals surface area contributed by atoms with E-state index in [0.29, 0.717) is 29.1 Å². The Balaban J connectivity index is 1.82. The Labute approximate surface area is 207 Å². The van der Waals surface area contributed by atoms with Crippen LogP contribution < -0.4 is 4.46 Å². The monoisotopic (exact) mass is 532 g/mol. The summed E-state index contributed by atoms with van der Waals surface area (Å²) in [6.07, 6.45) is 7.45. The molecule has 2 nitrogen and oxygen atoms in total. The molecule has 0 saturated heterocycles. The molecule has 0 aromatic heterocycles. The van der Waals surface area contributed by atoms with Crippen molar-refractivity contribution in [3.05, 3.63) is 53.3 Å². The molecule has 33 heavy (non-hydrogen) atoms. The Morgan fingerprint density at radius 1 is 1.18 bits per heavy atom. The van der Waals surface area contributed by atoms with Crippen LogP contribution in [0.5, 0.6) is 0 Å². The van der Waals surface area contributed by atoms with E-state index in [4.69, 9.17) is 4.43 Å². The van der Waals surface area contributed by atoms with E-state index in [1.54, 1.807) is 0 Å². The molecule has 3 aliphatic carbocycles. The minimum atomic E-state index is -2.23. The first kappa shape index (κ1) is 25.1. The van der Waals surface area contributed by atoms with Gasteiger partial charge in [0.25, 0.3) is 0 Å². The predicted molar refractivity (Wildman–Crippen MR) is 143 cm³/mol. The van der Waals surface area contributed by atoms with E-state index < -0.39 is 22.2 Å². The second-order valence-electron chi connectivity index (χ2n) is 12.5. The van der Waals surface area contributed by atoms with Crippen molar-refractivity contribution in [2.24, 2.45) is 35.0 Å². The fraction of sp³-hybridized carbons (Fsp3) is 0.655. The zero-order valence-corrected chi connectivity index (χ0v) is 24.7. The molecule has 2 fully saturated rings. The molecular formula is C29H44O2SeSi. The Morgan fingerprint density at radius 2 is 1.85 bits per heavy atom. The standard InChI is InChI=1S/C29H44O2SeSi/c1-19(2)23-14-15-29(5)25(23)17-20(3)16-24-26(29)18-27(28(24)21(4)31-33(6,7)8)32(30)22-12-10-9-11-13-22/h9-13,17,19,23-27H,14-16,18H2,1-8H3/b28-21+/t23-,24-,25-,26-,27?,29-,32?/m0/s1. The average Bonchev–Trinajstić information content (AvgIpc) is 3.23. The molecule has 3 aliphatic rings. The van der Waals surface area contributed by atoms with Crippen LogP contribution in [-0.2, 0) is 8.26 Å². The summed E-state index contributed by atoms with van der Waals surface area (Å²) in [7, 11) is -1.75. The topological polar surface area (TPSA) is 26.3 Å². The van der Waals surface area contributed by atoms with Crippen molar-refractivity contribution in [3.8, 4) is 0 Å². The Bertz CT molecular complexity index is 958. The Hall–Kier alpha value is -0.964. The second kappa shape index (κ2) is 9.24. The fourth-order valence-corrected chi connectivity index (χ4v) is 12.0. The van der Waals surface area contributed by atoms with Crippen molar-refractivity contribution in [2.75, 3.05) is 0 Å². The van der Waals surface area contributed by atoms with E-state index in [-0.39, 0.29) is 4.82 Å². The van der Waals surface area contributed by atoms with Crippen LogP contribution >= 0.6 is 0 Å². The molecule has 1 aromatic carbocycles. The van der Waals surface area contributed by atoms with Crippen LogP contribution in [0.15, 0.2) is 53.3 Å². The first-order valence-electron chi connectivity index (χ1n) is 12.9. The third-order valence-corrected chi connectivity index (χ3v) is 13.2. The number of fused-ring (bicyclic) bond motifs is 3. The van der Waals surface area contributed by atoms with E-state index >= 15 is 0 Å². The number of rotatable bonds is 5. The van der Waals surface area contributed by atoms with Crippen molar-refractivity contribution in [2.45, 2.75) is 84.8 Å². The normalized spacial score (nSPS) is 36.6. The molecule has 0 aliphatic heterocycles. The van der Waals surface area contributed by atoms with Crippen molar-refractivity contribution in [3.63, 3.8) is 0 Å². The number of hydrogen-bond acceptors (Lipinski definition) is 2. The quantitative estimate of drug-likeness (QED) is 0.224. The van der Waals surface area contributed by atoms with Gasteiger partial charge in [0.05, 0.1) is 0 Å². The number of benzene rings is 1. The van der Waals surface area contributed by atoms with Crippen molar-refractivity contribution < 1.29 is 8.26 Å². The summed E-state index contributed by atoms with van der Waals surface area (Å²) >= 11 is -2.23. The van der Waals surface area contributed by atoms with E-state index in [0.717, 1.165) is 29.0 Å². The van der Waals surface area contributed by atoms with Crippen LogP contribution in [0.3, 0.4) is 0 Å². The average molecular weight is 532 g/mol. The van der Waals surface area contributed by atoms with Crippen molar-refractivity contribution in [1.82, 2.24) is 0 Å². The first-order valence-corrected chi connectivity index (χ1v) is 18.9. The van der Waals surface area contributed by atoms with Crippen LogP contribution in [0.4, 0.5) is 0 Å². The zero-order chi connectivity index (χ0) is 24.1. The maximum absolute atomic E-state index is 14.1. The Kier molecular flexibility index (Phi) is 7.04. The van der Waals surface area contributed by atoms with E-state index in [1.165, 1.54) is 24.0 Å². The molecule has 0 heterocycles. The molecule has 0 radical (unpaired) electrons. The van der Waals surface area contributed by atoms with Crippen LogP contribution in [0.25, 0.3) is 0 Å². The molecule has 4 heteroatoms. The van der Waals surface area contributed by atoms with Gasteiger partial charge in [0.2, 0.25) is 0 Å². The molecule has 2 saturated carbocycles. The SMILES string of the molecule is CC1=C[C@H]2[C@H](C(C)C)CC[C@]2(C)[C@H]2CC([Se](=O)c3ccccc3)/C(=C(\C)O[Si](C)(C)C)[C@H]2C1. The summed E-state index contributed by atoms with van der Waals surface area (Å²) in [5, 5.41) is 0. The summed E-state index contributed by atoms with van der Waals surface area (Å²) in [4.78, 5) is 0.153. The summed E-state index contributed by atoms with van der Waals surface area (Å²) in [5.41, 5.74) is 3.24. The van der Waals surface area contributed by atoms with Gasteiger partial charge in [-0.15, -0.1) is 0 Å². The van der Waals surface area contributed by atoms with E-state index in [1.807, 2.05) is 18.2 Å². The summed E-state index contributed by atoms with van der Waals surface area (Å²) < 4.78 is 21.8. The number of allylic oxidation sites excluding steroid dienone is 4. The molecule has 2 unspecified atom stereocenters. The molecule has 0 N–H and O–H groups in total. The summed E-state index contributed by atoms with van der Waals surface area (Å²) in [6.45, 7) is 18.7. The van der Waals surface area contributed by atoms with E-state index in [2.05, 4.69) is 72.5 Å². The van der Waals surface area contributed by atoms with Crippen LogP contribution in [0.2, 0.25) is 24.5 Å². The van der Waals surface area contributed by atoms with Gasteiger partial charge >= 0.3 is 208 Å². The van der Waals surface area contributed by atoms with Gasteiger partial charge in [0, 0.05) is 0 Å². The van der Waals surface area contributed by atoms with Gasteiger partial charge in [0.15, 0.2) is 0 Å². The van der Waals surface area contributed by atoms with Crippen LogP contribution in [0, 0.1) is 35.0 Å². The Morgan fingerprint density at radius 3 is 2.45 bits per heavy atom. The maximum atomic E-state index is 14.1. The number of hydrogen-bond donors (Lipinski definition) is 0. The van der Waals surface area contributed by atoms with Gasteiger partial charge in [-0.05, 0) is 0 Å². The molecule has 0 amide bonds. The zero-order valence-electron chi connectivity index (χ0n) is 22.0. The van der Waals surface area contributed by atoms with Crippen LogP contribution in [-0.4, -0.2) is 22.2 Å². The van der Waals surface area contributed by atoms with Gasteiger partial charge in [-0.1, -0.05) is 0 Å². The second-order valence-corrected chi connectivity index (χ2v) is 20.3. The van der Waals surface area contributed by atoms with Gasteiger partial charge < -0.3 is 0 Å². The molecule has 7 atom stereocenters. The van der Waals surface area contributed by atoms with Gasteiger partial charge in [0.1, 0.15) is 0 Å². The third-order valence-electron chi connectivity index (χ3n) is 8.75. The van der Waals surface area contributed by atoms with Crippen LogP contribution in [0.1, 0.15) is 60.3 Å². The predicted octanol–water partition coefficient (Wildman–Crippen LogP) is 7.49. The van der Waals surface area contributed by atoms with Gasteiger partial charge in [-0.25, -0.2) is 0 Å². The molecule has 4 rings (SSSR count). The summed E-state index contributed by atoms with van der Waals surface area (Å²) in [5.74, 6) is 4.28. The molecule has 0 bridgehead atoms. The van der Waals surface area contributed by atoms with E-state index in [9.17, 15) is 3.83 Å². The third kappa shape index (κ3) is 4.77. The molecule has 0 spiro atoms. The van der Waals surface area contributed by atoms with Gasteiger partial charge in [-0.2, -0.15) is 0 Å². The van der Waals surface area contributed by atoms with Gasteiger partial charge in [-0.3, -0.25) is 0 Å². The fourth-order valence-electron chi connectivity index (χ4n) is 7.41. The van der Waals surface area contributed by atoms with Crippen molar-refractivity contribution in [1.29, 1.82) is 0 Å². The first-order chi connectivity index (χ1) is 15.4. The minimum absolute atomic E-state index is 0.153. The van der Waals surface area contributed by atoms with Crippen molar-refractivity contribution >= 4 is 26.6 Å². The molecular weight excluding hydrogens is 487 g/mol.